The molecule has 26 heavy (non-hydrogen) atoms. The second-order valence-electron chi connectivity index (χ2n) is 5.90. The summed E-state index contributed by atoms with van der Waals surface area (Å²) >= 11 is 1.75. The number of rotatable bonds is 9. The number of aliphatic imine (C=N–C) groups is 1. The standard InChI is InChI=1S/C19H28N4OS.HI/c1-16-15-25-18(22-16)11-7-8-12-21-19(20-2)23(3)13-14-24-17-9-5-4-6-10-17;/h4-6,9-10,15H,7-8,11-14H2,1-3H3,(H,20,21);1H. The molecule has 0 aliphatic heterocycles. The number of thiazole rings is 1. The molecular weight excluding hydrogens is 459 g/mol. The molecule has 0 spiro atoms. The van der Waals surface area contributed by atoms with Crippen molar-refractivity contribution in [2.75, 3.05) is 33.8 Å². The number of hydrogen-bond acceptors (Lipinski definition) is 4. The number of nitrogens with one attached hydrogen (secondary N) is 1. The Morgan fingerprint density at radius 3 is 2.69 bits per heavy atom. The molecule has 0 saturated carbocycles. The smallest absolute Gasteiger partial charge is 0.193 e. The Morgan fingerprint density at radius 1 is 1.27 bits per heavy atom. The van der Waals surface area contributed by atoms with Gasteiger partial charge in [-0.2, -0.15) is 0 Å². The van der Waals surface area contributed by atoms with Crippen LogP contribution in [0.3, 0.4) is 0 Å². The van der Waals surface area contributed by atoms with Crippen LogP contribution in [0, 0.1) is 6.92 Å². The molecule has 144 valence electrons. The van der Waals surface area contributed by atoms with Crippen LogP contribution < -0.4 is 10.1 Å². The molecule has 0 aliphatic carbocycles. The van der Waals surface area contributed by atoms with Crippen LogP contribution in [-0.2, 0) is 6.42 Å². The van der Waals surface area contributed by atoms with Gasteiger partial charge in [-0.3, -0.25) is 4.99 Å². The number of likely N-dealkylation sites (N-methyl/N-ethyl adjacent to an activating group) is 1. The maximum absolute atomic E-state index is 5.74. The monoisotopic (exact) mass is 488 g/mol. The summed E-state index contributed by atoms with van der Waals surface area (Å²) in [6.07, 6.45) is 3.29. The predicted octanol–water partition coefficient (Wildman–Crippen LogP) is 3.98. The Hall–Kier alpha value is -1.35. The molecule has 0 aliphatic rings. The Morgan fingerprint density at radius 2 is 2.04 bits per heavy atom. The van der Waals surface area contributed by atoms with Crippen LogP contribution in [0.25, 0.3) is 0 Å². The molecule has 1 N–H and O–H groups in total. The molecule has 5 nitrogen and oxygen atoms in total. The van der Waals surface area contributed by atoms with E-state index in [0.717, 1.165) is 49.8 Å². The lowest BCUT2D eigenvalue weighted by Crippen LogP contribution is -2.41. The molecule has 0 atom stereocenters. The van der Waals surface area contributed by atoms with Gasteiger partial charge in [-0.25, -0.2) is 4.98 Å². The number of nitrogens with zero attached hydrogens (tertiary/aromatic N) is 3. The zero-order valence-corrected chi connectivity index (χ0v) is 18.9. The number of aryl methyl sites for hydroxylation is 2. The quantitative estimate of drug-likeness (QED) is 0.251. The number of guanidine groups is 1. The second kappa shape index (κ2) is 12.9. The number of benzene rings is 1. The third kappa shape index (κ3) is 8.35. The van der Waals surface area contributed by atoms with E-state index in [-0.39, 0.29) is 24.0 Å². The third-order valence-corrected chi connectivity index (χ3v) is 4.81. The molecule has 1 aromatic heterocycles. The molecule has 0 bridgehead atoms. The third-order valence-electron chi connectivity index (χ3n) is 3.78. The topological polar surface area (TPSA) is 49.8 Å². The van der Waals surface area contributed by atoms with E-state index in [1.54, 1.807) is 11.3 Å². The Bertz CT molecular complexity index is 648. The minimum atomic E-state index is 0. The number of hydrogen-bond donors (Lipinski definition) is 1. The summed E-state index contributed by atoms with van der Waals surface area (Å²) in [6.45, 7) is 4.38. The van der Waals surface area contributed by atoms with E-state index in [1.807, 2.05) is 51.4 Å². The van der Waals surface area contributed by atoms with Crippen LogP contribution >= 0.6 is 35.3 Å². The van der Waals surface area contributed by atoms with Gasteiger partial charge < -0.3 is 15.0 Å². The Kier molecular flexibility index (Phi) is 11.3. The van der Waals surface area contributed by atoms with E-state index in [4.69, 9.17) is 4.74 Å². The van der Waals surface area contributed by atoms with Crippen LogP contribution in [0.15, 0.2) is 40.7 Å². The van der Waals surface area contributed by atoms with E-state index in [2.05, 4.69) is 25.6 Å². The van der Waals surface area contributed by atoms with Gasteiger partial charge in [0.2, 0.25) is 0 Å². The fourth-order valence-electron chi connectivity index (χ4n) is 2.43. The second-order valence-corrected chi connectivity index (χ2v) is 6.84. The fourth-order valence-corrected chi connectivity index (χ4v) is 3.24. The average molecular weight is 488 g/mol. The van der Waals surface area contributed by atoms with Gasteiger partial charge in [0, 0.05) is 31.7 Å². The zero-order chi connectivity index (χ0) is 17.9. The summed E-state index contributed by atoms with van der Waals surface area (Å²) in [6, 6.07) is 9.88. The van der Waals surface area contributed by atoms with E-state index in [9.17, 15) is 0 Å². The zero-order valence-electron chi connectivity index (χ0n) is 15.8. The van der Waals surface area contributed by atoms with Crippen molar-refractivity contribution in [1.82, 2.24) is 15.2 Å². The van der Waals surface area contributed by atoms with Gasteiger partial charge in [0.15, 0.2) is 5.96 Å². The van der Waals surface area contributed by atoms with Crippen molar-refractivity contribution >= 4 is 41.3 Å². The summed E-state index contributed by atoms with van der Waals surface area (Å²) in [5.74, 6) is 1.80. The van der Waals surface area contributed by atoms with Crippen LogP contribution in [0.5, 0.6) is 5.75 Å². The van der Waals surface area contributed by atoms with E-state index >= 15 is 0 Å². The van der Waals surface area contributed by atoms with Gasteiger partial charge in [0.05, 0.1) is 11.6 Å². The number of para-hydroxylation sites is 1. The van der Waals surface area contributed by atoms with Crippen LogP contribution in [0.2, 0.25) is 0 Å². The largest absolute Gasteiger partial charge is 0.492 e. The first-order chi connectivity index (χ1) is 12.2. The predicted molar refractivity (Wildman–Crippen MR) is 121 cm³/mol. The fraction of sp³-hybridized carbons (Fsp3) is 0.474. The number of halogens is 1. The van der Waals surface area contributed by atoms with Crippen molar-refractivity contribution in [3.05, 3.63) is 46.4 Å². The number of aromatic nitrogens is 1. The molecule has 0 unspecified atom stereocenters. The molecule has 2 rings (SSSR count). The highest BCUT2D eigenvalue weighted by Crippen LogP contribution is 2.11. The normalized spacial score (nSPS) is 11.0. The average Bonchev–Trinajstić information content (AvgIpc) is 3.04. The minimum absolute atomic E-state index is 0. The highest BCUT2D eigenvalue weighted by molar-refractivity contribution is 14.0. The maximum Gasteiger partial charge on any atom is 0.193 e. The maximum atomic E-state index is 5.74. The van der Waals surface area contributed by atoms with Gasteiger partial charge in [0.25, 0.3) is 0 Å². The van der Waals surface area contributed by atoms with Gasteiger partial charge in [0.1, 0.15) is 12.4 Å². The summed E-state index contributed by atoms with van der Waals surface area (Å²) in [5, 5.41) is 6.76. The van der Waals surface area contributed by atoms with Crippen molar-refractivity contribution in [3.8, 4) is 5.75 Å². The van der Waals surface area contributed by atoms with Crippen molar-refractivity contribution < 1.29 is 4.74 Å². The molecule has 2 aromatic rings. The lowest BCUT2D eigenvalue weighted by atomic mass is 10.2. The number of ether oxygens (including phenoxy) is 1. The van der Waals surface area contributed by atoms with Crippen molar-refractivity contribution in [1.29, 1.82) is 0 Å². The van der Waals surface area contributed by atoms with Crippen molar-refractivity contribution in [2.45, 2.75) is 26.2 Å². The number of unbranched alkanes of at least 4 members (excludes halogenated alkanes) is 1. The summed E-state index contributed by atoms with van der Waals surface area (Å²) in [7, 11) is 3.84. The van der Waals surface area contributed by atoms with Gasteiger partial charge in [-0.05, 0) is 38.3 Å². The molecular formula is C19H29IN4OS. The van der Waals surface area contributed by atoms with E-state index in [0.29, 0.717) is 6.61 Å². The van der Waals surface area contributed by atoms with Crippen molar-refractivity contribution in [3.63, 3.8) is 0 Å². The molecule has 1 heterocycles. The summed E-state index contributed by atoms with van der Waals surface area (Å²) < 4.78 is 5.74. The van der Waals surface area contributed by atoms with E-state index < -0.39 is 0 Å². The van der Waals surface area contributed by atoms with Crippen molar-refractivity contribution in [2.24, 2.45) is 4.99 Å². The molecule has 0 fully saturated rings. The van der Waals surface area contributed by atoms with Gasteiger partial charge in [-0.15, -0.1) is 35.3 Å². The molecule has 0 radical (unpaired) electrons. The molecule has 7 heteroatoms. The lowest BCUT2D eigenvalue weighted by Gasteiger charge is -2.22. The molecule has 1 aromatic carbocycles. The first-order valence-electron chi connectivity index (χ1n) is 8.69. The first-order valence-corrected chi connectivity index (χ1v) is 9.57. The molecule has 0 amide bonds. The lowest BCUT2D eigenvalue weighted by molar-refractivity contribution is 0.281. The Balaban J connectivity index is 0.00000338. The highest BCUT2D eigenvalue weighted by Gasteiger charge is 2.05. The van der Waals surface area contributed by atoms with Gasteiger partial charge in [-0.1, -0.05) is 18.2 Å². The highest BCUT2D eigenvalue weighted by atomic mass is 127. The van der Waals surface area contributed by atoms with Crippen LogP contribution in [-0.4, -0.2) is 49.6 Å². The van der Waals surface area contributed by atoms with Gasteiger partial charge >= 0.3 is 0 Å². The van der Waals surface area contributed by atoms with Crippen LogP contribution in [0.1, 0.15) is 23.5 Å². The van der Waals surface area contributed by atoms with E-state index in [1.165, 1.54) is 5.01 Å². The summed E-state index contributed by atoms with van der Waals surface area (Å²) in [4.78, 5) is 10.9. The minimum Gasteiger partial charge on any atom is -0.492 e. The van der Waals surface area contributed by atoms with Crippen LogP contribution in [0.4, 0.5) is 0 Å². The summed E-state index contributed by atoms with van der Waals surface area (Å²) in [5.41, 5.74) is 1.12. The SMILES string of the molecule is CN=C(NCCCCc1nc(C)cs1)N(C)CCOc1ccccc1.I. The first kappa shape index (κ1) is 22.7. The molecule has 0 saturated heterocycles. The Labute approximate surface area is 177 Å².